The van der Waals surface area contributed by atoms with Crippen LogP contribution in [0.2, 0.25) is 0 Å². The number of halogens is 18. The quantitative estimate of drug-likeness (QED) is 0.125. The largest absolute Gasteiger partial charge is 0.492 e. The van der Waals surface area contributed by atoms with Crippen molar-refractivity contribution in [3.8, 4) is 5.75 Å². The van der Waals surface area contributed by atoms with Crippen LogP contribution >= 0.6 is 0 Å². The third-order valence-electron chi connectivity index (χ3n) is 7.85. The number of nitrogens with zero attached hydrogens (tertiary/aromatic N) is 3. The predicted molar refractivity (Wildman–Crippen MR) is 159 cm³/mol. The number of hydrogen-bond donors (Lipinski definition) is 0. The molecule has 25 heteroatoms. The Labute approximate surface area is 303 Å². The summed E-state index contributed by atoms with van der Waals surface area (Å²) in [5.74, 6) is -0.349. The number of anilines is 1. The maximum atomic E-state index is 13.6. The number of hydrogen-bond acceptors (Lipinski definition) is 7. The van der Waals surface area contributed by atoms with Crippen LogP contribution in [0.5, 0.6) is 5.75 Å². The number of oxazole rings is 1. The van der Waals surface area contributed by atoms with Gasteiger partial charge in [-0.3, -0.25) is 0 Å². The summed E-state index contributed by atoms with van der Waals surface area (Å²) in [5, 5.41) is 0. The van der Waals surface area contributed by atoms with E-state index in [1.807, 2.05) is 19.0 Å². The van der Waals surface area contributed by atoms with Crippen LogP contribution in [-0.4, -0.2) is 97.8 Å². The van der Waals surface area contributed by atoms with Crippen LogP contribution in [0.15, 0.2) is 46.9 Å². The molecule has 3 aromatic rings. The van der Waals surface area contributed by atoms with Gasteiger partial charge < -0.3 is 23.5 Å². The molecule has 0 fully saturated rings. The second-order valence-corrected chi connectivity index (χ2v) is 11.9. The summed E-state index contributed by atoms with van der Waals surface area (Å²) in [4.78, 5) is 5.35. The molecule has 1 heterocycles. The number of alkyl halides is 18. The standard InChI is InChI=1S/C31H27F18N3O4/c1-16(55-24(26(32,33)34,27(35,36)37)28(38,39)40)52(17(2)56-25(29(41,42)43,30(44,45)46)31(47,48)49)13-14-53-20-10-11-21-22(15-20)54-23(50-21)12-7-18-5-8-19(9-6-18)51(3)4/h5-12,15-17H,13-14H2,1-4H3/b12-7+. The number of aromatic nitrogens is 1. The Balaban J connectivity index is 1.99. The average Bonchev–Trinajstić information content (AvgIpc) is 3.42. The van der Waals surface area contributed by atoms with Gasteiger partial charge in [0.1, 0.15) is 30.3 Å². The summed E-state index contributed by atoms with van der Waals surface area (Å²) in [7, 11) is 3.63. The highest BCUT2D eigenvalue weighted by molar-refractivity contribution is 5.77. The van der Waals surface area contributed by atoms with E-state index in [9.17, 15) is 79.0 Å². The van der Waals surface area contributed by atoms with Crippen molar-refractivity contribution >= 4 is 28.9 Å². The lowest BCUT2D eigenvalue weighted by Gasteiger charge is -2.45. The van der Waals surface area contributed by atoms with Crippen molar-refractivity contribution in [1.29, 1.82) is 0 Å². The smallest absolute Gasteiger partial charge is 0.435 e. The third-order valence-corrected chi connectivity index (χ3v) is 7.85. The van der Waals surface area contributed by atoms with Gasteiger partial charge in [-0.2, -0.15) is 79.0 Å². The van der Waals surface area contributed by atoms with Crippen LogP contribution in [0, 0.1) is 0 Å². The van der Waals surface area contributed by atoms with Gasteiger partial charge in [0.15, 0.2) is 5.58 Å². The summed E-state index contributed by atoms with van der Waals surface area (Å²) in [6.07, 6.45) is -48.9. The molecule has 0 radical (unpaired) electrons. The van der Waals surface area contributed by atoms with Crippen molar-refractivity contribution in [2.75, 3.05) is 32.1 Å². The first kappa shape index (κ1) is 46.3. The molecule has 1 aromatic heterocycles. The molecule has 7 nitrogen and oxygen atoms in total. The van der Waals surface area contributed by atoms with Crippen molar-refractivity contribution in [3.05, 3.63) is 53.9 Å². The second-order valence-electron chi connectivity index (χ2n) is 11.9. The Morgan fingerprint density at radius 2 is 1.05 bits per heavy atom. The van der Waals surface area contributed by atoms with Crippen LogP contribution in [0.3, 0.4) is 0 Å². The molecule has 2 unspecified atom stereocenters. The van der Waals surface area contributed by atoms with E-state index in [1.165, 1.54) is 12.1 Å². The molecule has 0 aliphatic carbocycles. The fraction of sp³-hybridized carbons (Fsp3) is 0.516. The second kappa shape index (κ2) is 15.7. The minimum Gasteiger partial charge on any atom is -0.492 e. The van der Waals surface area contributed by atoms with Crippen molar-refractivity contribution in [2.45, 2.75) is 74.6 Å². The fourth-order valence-corrected chi connectivity index (χ4v) is 5.08. The van der Waals surface area contributed by atoms with E-state index in [0.717, 1.165) is 17.8 Å². The first-order valence-corrected chi connectivity index (χ1v) is 15.2. The zero-order valence-electron chi connectivity index (χ0n) is 28.5. The van der Waals surface area contributed by atoms with Crippen molar-refractivity contribution in [1.82, 2.24) is 9.88 Å². The summed E-state index contributed by atoms with van der Waals surface area (Å²) >= 11 is 0. The summed E-state index contributed by atoms with van der Waals surface area (Å²) in [5.41, 5.74) is -12.7. The van der Waals surface area contributed by atoms with E-state index in [1.54, 1.807) is 30.3 Å². The highest BCUT2D eigenvalue weighted by Crippen LogP contribution is 2.57. The molecular formula is C31H27F18N3O4. The Morgan fingerprint density at radius 1 is 0.625 bits per heavy atom. The molecule has 0 saturated heterocycles. The zero-order chi connectivity index (χ0) is 43.1. The molecule has 3 rings (SSSR count). The topological polar surface area (TPSA) is 60.2 Å². The van der Waals surface area contributed by atoms with Crippen molar-refractivity contribution in [2.24, 2.45) is 0 Å². The van der Waals surface area contributed by atoms with E-state index < -0.39 is 78.8 Å². The molecule has 0 aliphatic heterocycles. The number of benzene rings is 2. The van der Waals surface area contributed by atoms with Gasteiger partial charge in [0, 0.05) is 38.5 Å². The summed E-state index contributed by atoms with van der Waals surface area (Å²) in [6, 6.07) is 10.4. The van der Waals surface area contributed by atoms with Crippen LogP contribution in [0.1, 0.15) is 25.3 Å². The lowest BCUT2D eigenvalue weighted by molar-refractivity contribution is -0.482. The zero-order valence-corrected chi connectivity index (χ0v) is 28.5. The van der Waals surface area contributed by atoms with Gasteiger partial charge in [-0.15, -0.1) is 0 Å². The molecule has 0 spiro atoms. The van der Waals surface area contributed by atoms with Crippen LogP contribution in [0.25, 0.3) is 23.3 Å². The van der Waals surface area contributed by atoms with Crippen LogP contribution < -0.4 is 9.64 Å². The maximum absolute atomic E-state index is 13.6. The van der Waals surface area contributed by atoms with Crippen molar-refractivity contribution in [3.63, 3.8) is 0 Å². The molecule has 2 atom stereocenters. The average molecular weight is 848 g/mol. The number of ether oxygens (including phenoxy) is 3. The summed E-state index contributed by atoms with van der Waals surface area (Å²) in [6.45, 7) is -3.18. The third kappa shape index (κ3) is 9.19. The van der Waals surface area contributed by atoms with E-state index in [0.29, 0.717) is 5.56 Å². The van der Waals surface area contributed by atoms with E-state index in [-0.39, 0.29) is 36.6 Å². The van der Waals surface area contributed by atoms with Gasteiger partial charge in [0.2, 0.25) is 5.89 Å². The highest BCUT2D eigenvalue weighted by atomic mass is 19.4. The monoisotopic (exact) mass is 847 g/mol. The normalized spacial score (nSPS) is 15.6. The van der Waals surface area contributed by atoms with Crippen LogP contribution in [-0.2, 0) is 9.47 Å². The molecule has 0 N–H and O–H groups in total. The lowest BCUT2D eigenvalue weighted by atomic mass is 10.0. The van der Waals surface area contributed by atoms with E-state index in [4.69, 9.17) is 9.15 Å². The maximum Gasteiger partial charge on any atom is 0.435 e. The molecule has 316 valence electrons. The molecule has 0 saturated carbocycles. The minimum atomic E-state index is -7.46. The molecule has 0 aliphatic rings. The van der Waals surface area contributed by atoms with E-state index in [2.05, 4.69) is 14.5 Å². The first-order valence-electron chi connectivity index (χ1n) is 15.2. The molecule has 0 bridgehead atoms. The van der Waals surface area contributed by atoms with Gasteiger partial charge in [-0.05, 0) is 49.8 Å². The molecular weight excluding hydrogens is 820 g/mol. The molecule has 2 aromatic carbocycles. The van der Waals surface area contributed by atoms with Gasteiger partial charge in [-0.1, -0.05) is 12.1 Å². The first-order chi connectivity index (χ1) is 25.2. The van der Waals surface area contributed by atoms with Crippen LogP contribution in [0.4, 0.5) is 84.7 Å². The highest BCUT2D eigenvalue weighted by Gasteiger charge is 2.87. The number of fused-ring (bicyclic) bond motifs is 1. The fourth-order valence-electron chi connectivity index (χ4n) is 5.08. The molecule has 56 heavy (non-hydrogen) atoms. The summed E-state index contributed by atoms with van der Waals surface area (Å²) < 4.78 is 262. The Bertz CT molecular complexity index is 1660. The number of rotatable bonds is 13. The Kier molecular flexibility index (Phi) is 12.9. The van der Waals surface area contributed by atoms with Gasteiger partial charge in [0.25, 0.3) is 0 Å². The SMILES string of the molecule is CC(OC(C(F)(F)F)(C(F)(F)F)C(F)(F)F)N(CCOc1ccc2nc(/C=C/c3ccc(N(C)C)cc3)oc2c1)C(C)OC(C(F)(F)F)(C(F)(F)F)C(F)(F)F. The van der Waals surface area contributed by atoms with Gasteiger partial charge >= 0.3 is 48.3 Å². The van der Waals surface area contributed by atoms with Gasteiger partial charge in [-0.25, -0.2) is 9.88 Å². The Hall–Kier alpha value is -4.13. The lowest BCUT2D eigenvalue weighted by Crippen LogP contribution is -2.71. The molecule has 0 amide bonds. The van der Waals surface area contributed by atoms with E-state index >= 15 is 0 Å². The minimum absolute atomic E-state index is 0.00177. The predicted octanol–water partition coefficient (Wildman–Crippen LogP) is 10.3. The van der Waals surface area contributed by atoms with Gasteiger partial charge in [0.05, 0.1) is 0 Å². The van der Waals surface area contributed by atoms with Crippen molar-refractivity contribution < 1.29 is 97.7 Å². The Morgan fingerprint density at radius 3 is 1.45 bits per heavy atom.